The first-order valence-corrected chi connectivity index (χ1v) is 10.2. The lowest BCUT2D eigenvalue weighted by Crippen LogP contribution is -2.28. The number of hydrogen-bond acceptors (Lipinski definition) is 5. The Hall–Kier alpha value is -2.31. The number of Topliss-reactive ketones (excluding diaryl/α,β-unsaturated/α-hetero) is 1. The first kappa shape index (κ1) is 20.0. The van der Waals surface area contributed by atoms with E-state index in [1.165, 1.54) is 0 Å². The first-order chi connectivity index (χ1) is 13.8. The third kappa shape index (κ3) is 4.82. The van der Waals surface area contributed by atoms with E-state index in [1.54, 1.807) is 19.1 Å². The van der Waals surface area contributed by atoms with Crippen LogP contribution in [0.5, 0.6) is 5.75 Å². The number of halogens is 2. The molecule has 0 amide bonds. The number of carbonyl (C=O) groups is 1. The Morgan fingerprint density at radius 3 is 2.66 bits per heavy atom. The topological polar surface area (TPSA) is 65.2 Å². The van der Waals surface area contributed by atoms with Gasteiger partial charge in [-0.05, 0) is 42.7 Å². The monoisotopic (exact) mass is 404 g/mol. The Labute approximate surface area is 168 Å². The molecule has 0 radical (unpaired) electrons. The van der Waals surface area contributed by atoms with Crippen molar-refractivity contribution in [1.82, 2.24) is 10.1 Å². The maximum Gasteiger partial charge on any atom is 0.272 e. The zero-order chi connectivity index (χ0) is 20.6. The minimum absolute atomic E-state index is 0.0696. The molecule has 1 heterocycles. The van der Waals surface area contributed by atoms with Gasteiger partial charge in [-0.25, -0.2) is 8.78 Å². The molecule has 5 nitrogen and oxygen atoms in total. The number of benzene rings is 1. The summed E-state index contributed by atoms with van der Waals surface area (Å²) in [5, 5.41) is 4.08. The van der Waals surface area contributed by atoms with Crippen molar-refractivity contribution in [2.45, 2.75) is 70.1 Å². The highest BCUT2D eigenvalue weighted by Gasteiger charge is 2.40. The number of aryl methyl sites for hydroxylation is 1. The molecule has 29 heavy (non-hydrogen) atoms. The van der Waals surface area contributed by atoms with Crippen LogP contribution < -0.4 is 4.74 Å². The maximum absolute atomic E-state index is 13.1. The average molecular weight is 404 g/mol. The molecule has 1 aromatic heterocycles. The van der Waals surface area contributed by atoms with Gasteiger partial charge in [-0.15, -0.1) is 0 Å². The molecule has 1 aromatic carbocycles. The van der Waals surface area contributed by atoms with Gasteiger partial charge < -0.3 is 9.26 Å². The predicted molar refractivity (Wildman–Crippen MR) is 103 cm³/mol. The van der Waals surface area contributed by atoms with E-state index in [1.807, 2.05) is 13.0 Å². The second kappa shape index (κ2) is 7.84. The Morgan fingerprint density at radius 2 is 2.07 bits per heavy atom. The number of ketones is 1. The molecule has 2 aromatic rings. The highest BCUT2D eigenvalue weighted by Crippen LogP contribution is 2.46. The van der Waals surface area contributed by atoms with Crippen molar-refractivity contribution in [3.8, 4) is 5.75 Å². The summed E-state index contributed by atoms with van der Waals surface area (Å²) in [6.07, 6.45) is 2.87. The van der Waals surface area contributed by atoms with Gasteiger partial charge in [-0.3, -0.25) is 4.79 Å². The van der Waals surface area contributed by atoms with Gasteiger partial charge in [0.15, 0.2) is 11.6 Å². The molecule has 2 aliphatic carbocycles. The van der Waals surface area contributed by atoms with Crippen LogP contribution >= 0.6 is 0 Å². The van der Waals surface area contributed by atoms with E-state index < -0.39 is 18.4 Å². The molecular weight excluding hydrogens is 378 g/mol. The lowest BCUT2D eigenvalue weighted by atomic mass is 9.78. The second-order valence-electron chi connectivity index (χ2n) is 8.67. The van der Waals surface area contributed by atoms with Crippen molar-refractivity contribution >= 4 is 5.78 Å². The van der Waals surface area contributed by atoms with E-state index in [4.69, 9.17) is 9.26 Å². The van der Waals surface area contributed by atoms with Crippen molar-refractivity contribution in [1.29, 1.82) is 0 Å². The number of ether oxygens (including phenoxy) is 1. The molecule has 0 N–H and O–H groups in total. The molecule has 2 aliphatic rings. The lowest BCUT2D eigenvalue weighted by molar-refractivity contribution is 0.0813. The average Bonchev–Trinajstić information content (AvgIpc) is 3.60. The molecule has 1 atom stereocenters. The quantitative estimate of drug-likeness (QED) is 0.507. The second-order valence-corrected chi connectivity index (χ2v) is 8.67. The van der Waals surface area contributed by atoms with Crippen LogP contribution in [0.25, 0.3) is 0 Å². The number of aromatic nitrogens is 2. The van der Waals surface area contributed by atoms with Gasteiger partial charge in [-0.2, -0.15) is 4.98 Å². The smallest absolute Gasteiger partial charge is 0.272 e. The number of rotatable bonds is 10. The Morgan fingerprint density at radius 1 is 1.31 bits per heavy atom. The third-order valence-electron chi connectivity index (χ3n) is 5.77. The molecule has 156 valence electrons. The summed E-state index contributed by atoms with van der Waals surface area (Å²) >= 11 is 0. The van der Waals surface area contributed by atoms with Crippen LogP contribution in [0.15, 0.2) is 22.7 Å². The molecule has 0 unspecified atom stereocenters. The minimum Gasteiger partial charge on any atom is -0.487 e. The molecule has 0 spiro atoms. The van der Waals surface area contributed by atoms with E-state index in [2.05, 4.69) is 10.1 Å². The maximum atomic E-state index is 13.1. The lowest BCUT2D eigenvalue weighted by Gasteiger charge is -2.25. The molecule has 4 rings (SSSR count). The number of nitrogens with zero attached hydrogens (tertiary/aromatic N) is 2. The molecule has 0 bridgehead atoms. The van der Waals surface area contributed by atoms with Crippen molar-refractivity contribution in [2.75, 3.05) is 6.61 Å². The first-order valence-electron chi connectivity index (χ1n) is 10.2. The standard InChI is InChI=1S/C22H26F2N2O3/c1-13-25-21(26-29-13)22(2,10-14-3-4-14)11-18(27)16-7-8-17(15-5-6-15)19(9-16)28-12-20(23)24/h7-9,14-15,20H,3-6,10-12H2,1-2H3/t22-/m1/s1. The van der Waals surface area contributed by atoms with Crippen LogP contribution in [-0.2, 0) is 5.41 Å². The van der Waals surface area contributed by atoms with Gasteiger partial charge in [-0.1, -0.05) is 37.1 Å². The van der Waals surface area contributed by atoms with Crippen LogP contribution in [-0.4, -0.2) is 29.0 Å². The van der Waals surface area contributed by atoms with Crippen LogP contribution in [0.2, 0.25) is 0 Å². The van der Waals surface area contributed by atoms with Gasteiger partial charge in [0.1, 0.15) is 12.4 Å². The highest BCUT2D eigenvalue weighted by molar-refractivity contribution is 5.97. The molecule has 2 fully saturated rings. The Kier molecular flexibility index (Phi) is 5.40. The van der Waals surface area contributed by atoms with E-state index in [0.29, 0.717) is 34.9 Å². The van der Waals surface area contributed by atoms with Crippen molar-refractivity contribution in [3.63, 3.8) is 0 Å². The normalized spacial score (nSPS) is 18.7. The summed E-state index contributed by atoms with van der Waals surface area (Å²) in [7, 11) is 0. The Bertz CT molecular complexity index is 890. The largest absolute Gasteiger partial charge is 0.487 e. The van der Waals surface area contributed by atoms with Crippen LogP contribution in [0.4, 0.5) is 8.78 Å². The van der Waals surface area contributed by atoms with Gasteiger partial charge in [0.25, 0.3) is 6.43 Å². The molecule has 7 heteroatoms. The van der Waals surface area contributed by atoms with Crippen molar-refractivity contribution in [3.05, 3.63) is 41.0 Å². The summed E-state index contributed by atoms with van der Waals surface area (Å²) in [6.45, 7) is 3.07. The Balaban J connectivity index is 1.56. The minimum atomic E-state index is -2.55. The van der Waals surface area contributed by atoms with Crippen molar-refractivity contribution in [2.24, 2.45) is 5.92 Å². The predicted octanol–water partition coefficient (Wildman–Crippen LogP) is 5.23. The zero-order valence-electron chi connectivity index (χ0n) is 16.8. The number of hydrogen-bond donors (Lipinski definition) is 0. The van der Waals surface area contributed by atoms with Crippen molar-refractivity contribution < 1.29 is 22.8 Å². The van der Waals surface area contributed by atoms with Gasteiger partial charge in [0.2, 0.25) is 5.89 Å². The van der Waals surface area contributed by atoms with Gasteiger partial charge in [0, 0.05) is 24.3 Å². The highest BCUT2D eigenvalue weighted by atomic mass is 19.3. The van der Waals surface area contributed by atoms with E-state index in [9.17, 15) is 13.6 Å². The van der Waals surface area contributed by atoms with Crippen LogP contribution in [0.1, 0.15) is 79.0 Å². The van der Waals surface area contributed by atoms with E-state index in [0.717, 1.165) is 37.7 Å². The summed E-state index contributed by atoms with van der Waals surface area (Å²) in [5.41, 5.74) is 0.868. The fraction of sp³-hybridized carbons (Fsp3) is 0.591. The van der Waals surface area contributed by atoms with Crippen LogP contribution in [0, 0.1) is 12.8 Å². The summed E-state index contributed by atoms with van der Waals surface area (Å²) < 4.78 is 35.8. The molecule has 0 saturated heterocycles. The van der Waals surface area contributed by atoms with E-state index in [-0.39, 0.29) is 12.2 Å². The van der Waals surface area contributed by atoms with Gasteiger partial charge in [0.05, 0.1) is 0 Å². The SMILES string of the molecule is Cc1nc([C@@](C)(CC(=O)c2ccc(C3CC3)c(OCC(F)F)c2)CC2CC2)no1. The summed E-state index contributed by atoms with van der Waals surface area (Å²) in [4.78, 5) is 17.5. The molecular formula is C22H26F2N2O3. The summed E-state index contributed by atoms with van der Waals surface area (Å²) in [5.74, 6) is 2.28. The third-order valence-corrected chi connectivity index (χ3v) is 5.77. The fourth-order valence-electron chi connectivity index (χ4n) is 3.92. The van der Waals surface area contributed by atoms with Gasteiger partial charge >= 0.3 is 0 Å². The number of carbonyl (C=O) groups excluding carboxylic acids is 1. The molecule has 0 aliphatic heterocycles. The van der Waals surface area contributed by atoms with E-state index >= 15 is 0 Å². The fourth-order valence-corrected chi connectivity index (χ4v) is 3.92. The number of alkyl halides is 2. The zero-order valence-corrected chi connectivity index (χ0v) is 16.8. The summed E-state index contributed by atoms with van der Waals surface area (Å²) in [6, 6.07) is 5.25. The van der Waals surface area contributed by atoms with Crippen LogP contribution in [0.3, 0.4) is 0 Å². The molecule has 2 saturated carbocycles.